The third-order valence-electron chi connectivity index (χ3n) is 8.59. The van der Waals surface area contributed by atoms with Crippen molar-refractivity contribution < 1.29 is 18.7 Å². The number of piperidine rings is 2. The van der Waals surface area contributed by atoms with E-state index in [1.807, 2.05) is 23.1 Å². The molecule has 10 heteroatoms. The van der Waals surface area contributed by atoms with Crippen molar-refractivity contribution in [1.29, 1.82) is 0 Å². The van der Waals surface area contributed by atoms with E-state index < -0.39 is 12.0 Å². The molecule has 1 amide bonds. The Morgan fingerprint density at radius 2 is 1.80 bits per heavy atom. The van der Waals surface area contributed by atoms with Crippen LogP contribution in [0.2, 0.25) is 0 Å². The summed E-state index contributed by atoms with van der Waals surface area (Å²) in [6, 6.07) is 17.6. The highest BCUT2D eigenvalue weighted by Gasteiger charge is 2.39. The highest BCUT2D eigenvalue weighted by Crippen LogP contribution is 2.33. The van der Waals surface area contributed by atoms with Crippen molar-refractivity contribution in [3.8, 4) is 5.69 Å². The monoisotopic (exact) mass is 561 g/mol. The molecule has 0 unspecified atom stereocenters. The third kappa shape index (κ3) is 5.41. The van der Waals surface area contributed by atoms with Crippen molar-refractivity contribution in [2.75, 3.05) is 26.2 Å². The molecule has 2 aromatic carbocycles. The summed E-state index contributed by atoms with van der Waals surface area (Å²) in [4.78, 5) is 33.2. The highest BCUT2D eigenvalue weighted by molar-refractivity contribution is 5.80. The number of aliphatic hydroxyl groups is 1. The molecule has 41 heavy (non-hydrogen) atoms. The number of carbonyl (C=O) groups is 1. The Morgan fingerprint density at radius 3 is 2.51 bits per heavy atom. The average Bonchev–Trinajstić information content (AvgIpc) is 3.44. The van der Waals surface area contributed by atoms with Gasteiger partial charge in [0, 0.05) is 48.9 Å². The van der Waals surface area contributed by atoms with Gasteiger partial charge in [-0.25, -0.2) is 13.8 Å². The molecule has 4 heterocycles. The topological polar surface area (TPSA) is 92.4 Å². The maximum atomic E-state index is 13.6. The molecule has 2 aromatic heterocycles. The molecular formula is C31H33F2N5O3. The van der Waals surface area contributed by atoms with Crippen LogP contribution in [0.4, 0.5) is 8.78 Å². The lowest BCUT2D eigenvalue weighted by Crippen LogP contribution is -2.52. The van der Waals surface area contributed by atoms with Gasteiger partial charge in [0.2, 0.25) is 5.91 Å². The Bertz CT molecular complexity index is 1580. The first-order valence-corrected chi connectivity index (χ1v) is 14.0. The second kappa shape index (κ2) is 11.2. The number of benzene rings is 2. The van der Waals surface area contributed by atoms with E-state index in [1.165, 1.54) is 23.0 Å². The molecule has 0 radical (unpaired) electrons. The maximum absolute atomic E-state index is 13.6. The van der Waals surface area contributed by atoms with E-state index in [0.29, 0.717) is 42.7 Å². The van der Waals surface area contributed by atoms with Crippen molar-refractivity contribution >= 4 is 16.9 Å². The molecule has 214 valence electrons. The Balaban J connectivity index is 1.14. The molecule has 6 rings (SSSR count). The van der Waals surface area contributed by atoms with Gasteiger partial charge in [0.1, 0.15) is 6.33 Å². The molecule has 0 aliphatic carbocycles. The van der Waals surface area contributed by atoms with E-state index in [-0.39, 0.29) is 35.4 Å². The van der Waals surface area contributed by atoms with Crippen LogP contribution in [-0.4, -0.2) is 61.8 Å². The van der Waals surface area contributed by atoms with Crippen molar-refractivity contribution in [2.45, 2.75) is 43.8 Å². The zero-order valence-electron chi connectivity index (χ0n) is 22.6. The molecule has 0 bridgehead atoms. The number of alkyl halides is 2. The van der Waals surface area contributed by atoms with E-state index in [9.17, 15) is 23.5 Å². The number of rotatable bonds is 6. The van der Waals surface area contributed by atoms with Crippen LogP contribution in [0.1, 0.15) is 42.7 Å². The van der Waals surface area contributed by atoms with Crippen LogP contribution in [-0.2, 0) is 11.3 Å². The van der Waals surface area contributed by atoms with Gasteiger partial charge in [0.25, 0.3) is 12.0 Å². The van der Waals surface area contributed by atoms with Gasteiger partial charge in [0.05, 0.1) is 17.5 Å². The van der Waals surface area contributed by atoms with Crippen LogP contribution in [0.3, 0.4) is 0 Å². The minimum atomic E-state index is -2.55. The first kappa shape index (κ1) is 27.3. The summed E-state index contributed by atoms with van der Waals surface area (Å²) in [7, 11) is 0. The van der Waals surface area contributed by atoms with Crippen LogP contribution in [0.5, 0.6) is 0 Å². The molecule has 2 saturated heterocycles. The normalized spacial score (nSPS) is 20.9. The number of carbonyl (C=O) groups excluding carboxylic acids is 1. The summed E-state index contributed by atoms with van der Waals surface area (Å²) in [5, 5.41) is 15.2. The molecule has 2 aliphatic rings. The number of nitrogens with zero attached hydrogens (tertiary/aromatic N) is 4. The minimum Gasteiger partial charge on any atom is -0.388 e. The number of fused-ring (bicyclic) bond motifs is 1. The lowest BCUT2D eigenvalue weighted by Gasteiger charge is -2.41. The van der Waals surface area contributed by atoms with Gasteiger partial charge in [-0.1, -0.05) is 42.5 Å². The van der Waals surface area contributed by atoms with E-state index in [1.54, 1.807) is 29.0 Å². The van der Waals surface area contributed by atoms with Crippen LogP contribution >= 0.6 is 0 Å². The number of likely N-dealkylation sites (tertiary alicyclic amines) is 1. The number of aromatic nitrogens is 3. The van der Waals surface area contributed by atoms with Gasteiger partial charge in [-0.3, -0.25) is 14.2 Å². The maximum Gasteiger partial charge on any atom is 0.263 e. The summed E-state index contributed by atoms with van der Waals surface area (Å²) < 4.78 is 29.0. The van der Waals surface area contributed by atoms with Gasteiger partial charge >= 0.3 is 0 Å². The molecule has 2 aliphatic heterocycles. The quantitative estimate of drug-likeness (QED) is 0.373. The SMILES string of the molecule is O=C([C@@H]1CCNC[C@H]1c1ccccc1)N1CCC(O)(Cn2cnc3c(ccn3-c3ccc(C(F)F)cc3)c2=O)CC1. The first-order chi connectivity index (χ1) is 19.8. The van der Waals surface area contributed by atoms with Crippen molar-refractivity contribution in [2.24, 2.45) is 5.92 Å². The fourth-order valence-electron chi connectivity index (χ4n) is 6.21. The Hall–Kier alpha value is -3.89. The number of hydrogen-bond donors (Lipinski definition) is 2. The van der Waals surface area contributed by atoms with Crippen molar-refractivity contribution in [3.05, 3.63) is 94.7 Å². The standard InChI is InChI=1S/C31H33F2N5O3/c32-27(33)22-6-8-23(9-7-22)38-15-11-25-28(38)35-20-37(30(25)40)19-31(41)12-16-36(17-13-31)29(39)24-10-14-34-18-26(24)21-4-2-1-3-5-21/h1-9,11,15,20,24,26-27,34,41H,10,12-14,16-19H2/t24-,26+/m1/s1. The Kier molecular flexibility index (Phi) is 7.44. The van der Waals surface area contributed by atoms with E-state index in [4.69, 9.17) is 0 Å². The zero-order valence-corrected chi connectivity index (χ0v) is 22.6. The number of hydrogen-bond acceptors (Lipinski definition) is 5. The van der Waals surface area contributed by atoms with Gasteiger partial charge < -0.3 is 19.9 Å². The van der Waals surface area contributed by atoms with Crippen molar-refractivity contribution in [3.63, 3.8) is 0 Å². The lowest BCUT2D eigenvalue weighted by molar-refractivity contribution is -0.141. The molecule has 8 nitrogen and oxygen atoms in total. The number of amides is 1. The number of nitrogens with one attached hydrogen (secondary N) is 1. The van der Waals surface area contributed by atoms with Gasteiger partial charge in [-0.05, 0) is 49.6 Å². The summed E-state index contributed by atoms with van der Waals surface area (Å²) in [6.07, 6.45) is 2.05. The first-order valence-electron chi connectivity index (χ1n) is 14.0. The van der Waals surface area contributed by atoms with Crippen LogP contribution in [0.15, 0.2) is 78.0 Å². The third-order valence-corrected chi connectivity index (χ3v) is 8.59. The van der Waals surface area contributed by atoms with Gasteiger partial charge in [-0.15, -0.1) is 0 Å². The van der Waals surface area contributed by atoms with Crippen LogP contribution < -0.4 is 10.9 Å². The molecule has 0 saturated carbocycles. The predicted octanol–water partition coefficient (Wildman–Crippen LogP) is 3.87. The molecule has 2 N–H and O–H groups in total. The van der Waals surface area contributed by atoms with Gasteiger partial charge in [-0.2, -0.15) is 0 Å². The minimum absolute atomic E-state index is 0.0745. The second-order valence-electron chi connectivity index (χ2n) is 11.2. The fraction of sp³-hybridized carbons (Fsp3) is 0.387. The van der Waals surface area contributed by atoms with Gasteiger partial charge in [0.15, 0.2) is 5.65 Å². The molecular weight excluding hydrogens is 528 g/mol. The van der Waals surface area contributed by atoms with Crippen LogP contribution in [0, 0.1) is 5.92 Å². The fourth-order valence-corrected chi connectivity index (χ4v) is 6.21. The summed E-state index contributed by atoms with van der Waals surface area (Å²) in [6.45, 7) is 2.50. The largest absolute Gasteiger partial charge is 0.388 e. The average molecular weight is 562 g/mol. The molecule has 2 fully saturated rings. The van der Waals surface area contributed by atoms with Crippen molar-refractivity contribution in [1.82, 2.24) is 24.3 Å². The predicted molar refractivity (Wildman–Crippen MR) is 151 cm³/mol. The Morgan fingerprint density at radius 1 is 1.07 bits per heavy atom. The second-order valence-corrected chi connectivity index (χ2v) is 11.2. The molecule has 2 atom stereocenters. The highest BCUT2D eigenvalue weighted by atomic mass is 19.3. The van der Waals surface area contributed by atoms with E-state index in [2.05, 4.69) is 22.4 Å². The summed E-state index contributed by atoms with van der Waals surface area (Å²) >= 11 is 0. The molecule has 4 aromatic rings. The van der Waals surface area contributed by atoms with E-state index in [0.717, 1.165) is 25.1 Å². The number of halogens is 2. The van der Waals surface area contributed by atoms with Crippen LogP contribution in [0.25, 0.3) is 16.7 Å². The summed E-state index contributed by atoms with van der Waals surface area (Å²) in [5.41, 5.74) is 0.689. The summed E-state index contributed by atoms with van der Waals surface area (Å²) in [5.74, 6) is 0.143. The zero-order chi connectivity index (χ0) is 28.6. The molecule has 0 spiro atoms. The Labute approximate surface area is 236 Å². The van der Waals surface area contributed by atoms with E-state index >= 15 is 0 Å². The lowest BCUT2D eigenvalue weighted by atomic mass is 9.80. The smallest absolute Gasteiger partial charge is 0.263 e.